The number of esters is 1. The number of carboxylic acids is 1. The Balaban J connectivity index is 1.56. The van der Waals surface area contributed by atoms with Crippen LogP contribution in [0.3, 0.4) is 0 Å². The van der Waals surface area contributed by atoms with Crippen LogP contribution in [0.5, 0.6) is 11.5 Å². The third kappa shape index (κ3) is 7.41. The normalized spacial score (nSPS) is 22.5. The molecule has 0 radical (unpaired) electrons. The van der Waals surface area contributed by atoms with Crippen LogP contribution in [-0.4, -0.2) is 76.3 Å². The summed E-state index contributed by atoms with van der Waals surface area (Å²) < 4.78 is 28.2. The van der Waals surface area contributed by atoms with Gasteiger partial charge in [-0.1, -0.05) is 26.0 Å². The van der Waals surface area contributed by atoms with E-state index in [1.807, 2.05) is 13.8 Å². The number of aromatic hydroxyl groups is 1. The fraction of sp³-hybridized carbons (Fsp3) is 0.414. The van der Waals surface area contributed by atoms with E-state index < -0.39 is 55.7 Å². The minimum atomic E-state index is -1.52. The van der Waals surface area contributed by atoms with E-state index in [4.69, 9.17) is 28.5 Å². The molecule has 12 heteroatoms. The van der Waals surface area contributed by atoms with Crippen LogP contribution < -0.4 is 10.2 Å². The van der Waals surface area contributed by atoms with Gasteiger partial charge in [0.15, 0.2) is 5.43 Å². The van der Waals surface area contributed by atoms with E-state index in [-0.39, 0.29) is 34.5 Å². The largest absolute Gasteiger partial charge is 0.508 e. The fourth-order valence-corrected chi connectivity index (χ4v) is 4.26. The third-order valence-electron chi connectivity index (χ3n) is 6.53. The summed E-state index contributed by atoms with van der Waals surface area (Å²) in [5.41, 5.74) is 0.785. The number of carbonyl (C=O) groups is 2. The van der Waals surface area contributed by atoms with Gasteiger partial charge in [-0.25, -0.2) is 0 Å². The van der Waals surface area contributed by atoms with Crippen LogP contribution in [-0.2, 0) is 23.8 Å². The summed E-state index contributed by atoms with van der Waals surface area (Å²) >= 11 is 0. The molecule has 1 aliphatic heterocycles. The molecule has 41 heavy (non-hydrogen) atoms. The molecule has 5 atom stereocenters. The molecule has 4 rings (SSSR count). The van der Waals surface area contributed by atoms with Gasteiger partial charge in [-0.15, -0.1) is 0 Å². The summed E-state index contributed by atoms with van der Waals surface area (Å²) in [7, 11) is 0. The van der Waals surface area contributed by atoms with Crippen molar-refractivity contribution in [2.75, 3.05) is 13.2 Å². The quantitative estimate of drug-likeness (QED) is 0.195. The summed E-state index contributed by atoms with van der Waals surface area (Å²) in [4.78, 5) is 35.6. The number of aliphatic hydroxyl groups excluding tert-OH is 2. The molecule has 1 saturated heterocycles. The zero-order chi connectivity index (χ0) is 29.7. The Morgan fingerprint density at radius 1 is 1.05 bits per heavy atom. The van der Waals surface area contributed by atoms with E-state index in [1.165, 1.54) is 36.6 Å². The number of phenols is 1. The van der Waals surface area contributed by atoms with Gasteiger partial charge in [0.05, 0.1) is 10.9 Å². The molecule has 220 valence electrons. The number of carboxylic acid groups (broad SMARTS) is 1. The maximum atomic E-state index is 13.1. The molecule has 1 aromatic heterocycles. The summed E-state index contributed by atoms with van der Waals surface area (Å²) in [6.07, 6.45) is -5.57. The van der Waals surface area contributed by atoms with E-state index in [0.717, 1.165) is 0 Å². The van der Waals surface area contributed by atoms with Gasteiger partial charge in [-0.2, -0.15) is 0 Å². The number of aliphatic hydroxyl groups is 2. The smallest absolute Gasteiger partial charge is 0.317 e. The molecule has 2 aromatic carbocycles. The van der Waals surface area contributed by atoms with Gasteiger partial charge in [0.25, 0.3) is 0 Å². The van der Waals surface area contributed by atoms with Gasteiger partial charge >= 0.3 is 11.9 Å². The molecule has 2 heterocycles. The van der Waals surface area contributed by atoms with Crippen LogP contribution in [0.4, 0.5) is 0 Å². The van der Waals surface area contributed by atoms with Crippen molar-refractivity contribution >= 4 is 22.9 Å². The lowest BCUT2D eigenvalue weighted by atomic mass is 9.99. The number of fused-ring (bicyclic) bond motifs is 1. The summed E-state index contributed by atoms with van der Waals surface area (Å²) in [5, 5.41) is 40.0. The second kappa shape index (κ2) is 13.1. The lowest BCUT2D eigenvalue weighted by Crippen LogP contribution is -2.61. The summed E-state index contributed by atoms with van der Waals surface area (Å²) in [6, 6.07) is 10.6. The highest BCUT2D eigenvalue weighted by atomic mass is 16.7. The van der Waals surface area contributed by atoms with Crippen molar-refractivity contribution < 1.29 is 53.4 Å². The van der Waals surface area contributed by atoms with E-state index in [2.05, 4.69) is 0 Å². The van der Waals surface area contributed by atoms with Crippen LogP contribution in [0.2, 0.25) is 0 Å². The van der Waals surface area contributed by atoms with Crippen molar-refractivity contribution in [3.63, 3.8) is 0 Å². The molecular formula is C29H32O12. The molecular weight excluding hydrogens is 540 g/mol. The minimum absolute atomic E-state index is 0.0652. The maximum Gasteiger partial charge on any atom is 0.317 e. The highest BCUT2D eigenvalue weighted by Crippen LogP contribution is 2.29. The standard InChI is InChI=1S/C29H32O12/c1-15(2)9-10-37-28-27(36)26(35)22(14-39-24(33)12-23(31)32)41-29(28)40-18-7-8-19-21(11-18)38-13-20(25(19)34)16-3-5-17(30)6-4-16/h3-8,11,13,15,22,26-30,35-36H,9-10,12,14H2,1-2H3,(H,31,32)/t22-,26-,27+,28-,29-/m0/s1. The average molecular weight is 573 g/mol. The first-order valence-electron chi connectivity index (χ1n) is 13.1. The van der Waals surface area contributed by atoms with Crippen LogP contribution in [0.1, 0.15) is 26.7 Å². The number of carbonyl (C=O) groups excluding carboxylic acids is 1. The zero-order valence-electron chi connectivity index (χ0n) is 22.5. The molecule has 0 spiro atoms. The Labute approximate surface area is 234 Å². The molecule has 1 fully saturated rings. The number of ether oxygens (including phenoxy) is 4. The first kappa shape index (κ1) is 30.0. The topological polar surface area (TPSA) is 182 Å². The Kier molecular flexibility index (Phi) is 9.61. The summed E-state index contributed by atoms with van der Waals surface area (Å²) in [5.74, 6) is -1.84. The van der Waals surface area contributed by atoms with Crippen molar-refractivity contribution in [3.8, 4) is 22.6 Å². The zero-order valence-corrected chi connectivity index (χ0v) is 22.5. The lowest BCUT2D eigenvalue weighted by molar-refractivity contribution is -0.288. The predicted molar refractivity (Wildman–Crippen MR) is 143 cm³/mol. The van der Waals surface area contributed by atoms with Crippen molar-refractivity contribution in [1.29, 1.82) is 0 Å². The van der Waals surface area contributed by atoms with Crippen molar-refractivity contribution in [2.45, 2.75) is 57.4 Å². The van der Waals surface area contributed by atoms with E-state index in [1.54, 1.807) is 12.1 Å². The van der Waals surface area contributed by atoms with Crippen molar-refractivity contribution in [3.05, 3.63) is 59.0 Å². The molecule has 3 aromatic rings. The SMILES string of the molecule is CC(C)CCO[C@@H]1[C@@H](Oc2ccc3c(=O)c(-c4ccc(O)cc4)coc3c2)O[C@@H](COC(=O)CC(=O)O)[C@H](O)[C@H]1O. The number of aliphatic carboxylic acids is 1. The number of benzene rings is 2. The Morgan fingerprint density at radius 2 is 1.78 bits per heavy atom. The van der Waals surface area contributed by atoms with Gasteiger partial charge in [0, 0.05) is 12.7 Å². The second-order valence-corrected chi connectivity index (χ2v) is 10.1. The maximum absolute atomic E-state index is 13.1. The first-order chi connectivity index (χ1) is 19.5. The van der Waals surface area contributed by atoms with Gasteiger partial charge in [-0.05, 0) is 42.2 Å². The molecule has 12 nitrogen and oxygen atoms in total. The van der Waals surface area contributed by atoms with Gasteiger partial charge in [-0.3, -0.25) is 14.4 Å². The Bertz CT molecular complexity index is 1410. The molecule has 0 bridgehead atoms. The number of hydrogen-bond donors (Lipinski definition) is 4. The van der Waals surface area contributed by atoms with Gasteiger partial charge in [0.2, 0.25) is 6.29 Å². The first-order valence-corrected chi connectivity index (χ1v) is 13.1. The second-order valence-electron chi connectivity index (χ2n) is 10.1. The number of hydrogen-bond acceptors (Lipinski definition) is 11. The highest BCUT2D eigenvalue weighted by molar-refractivity contribution is 5.90. The van der Waals surface area contributed by atoms with Crippen molar-refractivity contribution in [2.24, 2.45) is 5.92 Å². The van der Waals surface area contributed by atoms with Crippen LogP contribution in [0.15, 0.2) is 57.9 Å². The van der Waals surface area contributed by atoms with Crippen LogP contribution >= 0.6 is 0 Å². The lowest BCUT2D eigenvalue weighted by Gasteiger charge is -2.42. The molecule has 1 aliphatic rings. The monoisotopic (exact) mass is 572 g/mol. The van der Waals surface area contributed by atoms with E-state index in [0.29, 0.717) is 23.5 Å². The van der Waals surface area contributed by atoms with Gasteiger partial charge < -0.3 is 43.8 Å². The number of phenolic OH excluding ortho intramolecular Hbond substituents is 1. The minimum Gasteiger partial charge on any atom is -0.508 e. The number of rotatable bonds is 11. The van der Waals surface area contributed by atoms with Crippen LogP contribution in [0, 0.1) is 5.92 Å². The fourth-order valence-electron chi connectivity index (χ4n) is 4.26. The summed E-state index contributed by atoms with van der Waals surface area (Å²) in [6.45, 7) is 3.70. The predicted octanol–water partition coefficient (Wildman–Crippen LogP) is 2.44. The Hall–Kier alpha value is -3.97. The third-order valence-corrected chi connectivity index (χ3v) is 6.53. The molecule has 0 amide bonds. The van der Waals surface area contributed by atoms with Crippen LogP contribution in [0.25, 0.3) is 22.1 Å². The molecule has 0 aliphatic carbocycles. The van der Waals surface area contributed by atoms with E-state index in [9.17, 15) is 29.7 Å². The molecule has 0 saturated carbocycles. The van der Waals surface area contributed by atoms with Crippen molar-refractivity contribution in [1.82, 2.24) is 0 Å². The molecule has 4 N–H and O–H groups in total. The molecule has 0 unspecified atom stereocenters. The Morgan fingerprint density at radius 3 is 2.46 bits per heavy atom. The van der Waals surface area contributed by atoms with E-state index >= 15 is 0 Å². The van der Waals surface area contributed by atoms with Gasteiger partial charge in [0.1, 0.15) is 60.8 Å². The highest BCUT2D eigenvalue weighted by Gasteiger charge is 2.47. The average Bonchev–Trinajstić information content (AvgIpc) is 2.92.